The minimum Gasteiger partial charge on any atom is -0.304 e. The molecule has 0 spiro atoms. The number of H-pyrrole nitrogens is 2. The molecule has 2 rings (SSSR count). The second-order valence-electron chi connectivity index (χ2n) is 2.10. The van der Waals surface area contributed by atoms with Crippen molar-refractivity contribution in [3.05, 3.63) is 27.0 Å². The van der Waals surface area contributed by atoms with Gasteiger partial charge in [-0.25, -0.2) is 4.79 Å². The SMILES string of the molecule is O=c1[nH]c(=O)c2nnncc2[nH]1. The molecule has 0 bridgehead atoms. The molecule has 2 aromatic heterocycles. The van der Waals surface area contributed by atoms with Crippen molar-refractivity contribution in [2.45, 2.75) is 0 Å². The number of hydrogen-bond donors (Lipinski definition) is 2. The Morgan fingerprint density at radius 1 is 1.25 bits per heavy atom. The molecule has 2 N–H and O–H groups in total. The van der Waals surface area contributed by atoms with Crippen LogP contribution in [0.15, 0.2) is 15.8 Å². The Labute approximate surface area is 64.5 Å². The fourth-order valence-electron chi connectivity index (χ4n) is 0.844. The van der Waals surface area contributed by atoms with Crippen LogP contribution in [0, 0.1) is 0 Å². The Morgan fingerprint density at radius 2 is 2.08 bits per heavy atom. The van der Waals surface area contributed by atoms with Crippen molar-refractivity contribution >= 4 is 11.0 Å². The van der Waals surface area contributed by atoms with E-state index in [1.807, 2.05) is 4.98 Å². The van der Waals surface area contributed by atoms with Crippen LogP contribution in [-0.4, -0.2) is 25.4 Å². The first-order chi connectivity index (χ1) is 5.77. The van der Waals surface area contributed by atoms with Crippen LogP contribution < -0.4 is 11.2 Å². The number of rotatable bonds is 0. The molecule has 0 aliphatic heterocycles. The van der Waals surface area contributed by atoms with E-state index in [4.69, 9.17) is 0 Å². The molecular formula is C5H3N5O2. The molecule has 60 valence electrons. The van der Waals surface area contributed by atoms with Crippen LogP contribution >= 0.6 is 0 Å². The Bertz CT molecular complexity index is 527. The Hall–Kier alpha value is -2.05. The molecule has 0 radical (unpaired) electrons. The van der Waals surface area contributed by atoms with Crippen molar-refractivity contribution in [3.8, 4) is 0 Å². The van der Waals surface area contributed by atoms with Crippen LogP contribution in [0.4, 0.5) is 0 Å². The van der Waals surface area contributed by atoms with E-state index in [9.17, 15) is 9.59 Å². The van der Waals surface area contributed by atoms with Crippen molar-refractivity contribution in [1.82, 2.24) is 25.4 Å². The van der Waals surface area contributed by atoms with E-state index in [0.29, 0.717) is 0 Å². The molecule has 0 aliphatic carbocycles. The molecule has 0 aromatic carbocycles. The first kappa shape index (κ1) is 6.65. The van der Waals surface area contributed by atoms with Crippen LogP contribution in [0.5, 0.6) is 0 Å². The Balaban J connectivity index is 3.09. The van der Waals surface area contributed by atoms with Gasteiger partial charge in [0.05, 0.1) is 11.7 Å². The highest BCUT2D eigenvalue weighted by atomic mass is 16.2. The third kappa shape index (κ3) is 0.875. The minimum atomic E-state index is -0.581. The van der Waals surface area contributed by atoms with E-state index < -0.39 is 11.2 Å². The maximum Gasteiger partial charge on any atom is 0.326 e. The van der Waals surface area contributed by atoms with E-state index in [1.54, 1.807) is 0 Å². The van der Waals surface area contributed by atoms with Gasteiger partial charge in [-0.3, -0.25) is 9.78 Å². The van der Waals surface area contributed by atoms with Gasteiger partial charge in [-0.1, -0.05) is 0 Å². The smallest absolute Gasteiger partial charge is 0.304 e. The zero-order chi connectivity index (χ0) is 8.55. The molecule has 7 nitrogen and oxygen atoms in total. The van der Waals surface area contributed by atoms with Crippen molar-refractivity contribution in [2.75, 3.05) is 0 Å². The van der Waals surface area contributed by atoms with Crippen LogP contribution in [0.1, 0.15) is 0 Å². The van der Waals surface area contributed by atoms with Crippen molar-refractivity contribution in [2.24, 2.45) is 0 Å². The summed E-state index contributed by atoms with van der Waals surface area (Å²) in [6.07, 6.45) is 1.26. The fraction of sp³-hybridized carbons (Fsp3) is 0. The van der Waals surface area contributed by atoms with Gasteiger partial charge in [-0.2, -0.15) is 0 Å². The average Bonchev–Trinajstić information content (AvgIpc) is 2.04. The molecule has 0 amide bonds. The normalized spacial score (nSPS) is 10.3. The van der Waals surface area contributed by atoms with Crippen molar-refractivity contribution in [3.63, 3.8) is 0 Å². The van der Waals surface area contributed by atoms with Crippen molar-refractivity contribution < 1.29 is 0 Å². The Morgan fingerprint density at radius 3 is 2.92 bits per heavy atom. The summed E-state index contributed by atoms with van der Waals surface area (Å²) in [7, 11) is 0. The minimum absolute atomic E-state index is 0.0737. The molecule has 0 aliphatic rings. The first-order valence-corrected chi connectivity index (χ1v) is 3.08. The molecule has 7 heteroatoms. The monoisotopic (exact) mass is 165 g/mol. The van der Waals surface area contributed by atoms with E-state index in [2.05, 4.69) is 20.4 Å². The number of aromatic nitrogens is 5. The van der Waals surface area contributed by atoms with Crippen LogP contribution in [0.3, 0.4) is 0 Å². The van der Waals surface area contributed by atoms with Gasteiger partial charge in [0, 0.05) is 0 Å². The molecule has 0 atom stereocenters. The number of nitrogens with one attached hydrogen (secondary N) is 2. The predicted molar refractivity (Wildman–Crippen MR) is 38.6 cm³/mol. The lowest BCUT2D eigenvalue weighted by atomic mass is 10.4. The van der Waals surface area contributed by atoms with Gasteiger partial charge in [0.15, 0.2) is 5.52 Å². The van der Waals surface area contributed by atoms with Crippen LogP contribution in [0.2, 0.25) is 0 Å². The lowest BCUT2D eigenvalue weighted by molar-refractivity contribution is 0.878. The summed E-state index contributed by atoms with van der Waals surface area (Å²) in [6.45, 7) is 0. The molecule has 0 unspecified atom stereocenters. The largest absolute Gasteiger partial charge is 0.326 e. The number of fused-ring (bicyclic) bond motifs is 1. The lowest BCUT2D eigenvalue weighted by Crippen LogP contribution is -2.23. The highest BCUT2D eigenvalue weighted by molar-refractivity contribution is 5.69. The van der Waals surface area contributed by atoms with Crippen molar-refractivity contribution in [1.29, 1.82) is 0 Å². The van der Waals surface area contributed by atoms with Crippen LogP contribution in [-0.2, 0) is 0 Å². The lowest BCUT2D eigenvalue weighted by Gasteiger charge is -1.89. The number of aromatic amines is 2. The quantitative estimate of drug-likeness (QED) is 0.489. The summed E-state index contributed by atoms with van der Waals surface area (Å²) < 4.78 is 0. The molecular weight excluding hydrogens is 162 g/mol. The van der Waals surface area contributed by atoms with Gasteiger partial charge in [0.2, 0.25) is 0 Å². The third-order valence-corrected chi connectivity index (χ3v) is 1.33. The second kappa shape index (κ2) is 2.22. The standard InChI is InChI=1S/C5H3N5O2/c11-4-3-2(1-6-10-9-3)7-5(12)8-4/h1H,(H2,7,8,11,12). The predicted octanol–water partition coefficient (Wildman–Crippen LogP) is -1.60. The number of hydrogen-bond acceptors (Lipinski definition) is 5. The van der Waals surface area contributed by atoms with Gasteiger partial charge in [0.1, 0.15) is 0 Å². The van der Waals surface area contributed by atoms with E-state index >= 15 is 0 Å². The Kier molecular flexibility index (Phi) is 1.23. The molecule has 2 aromatic rings. The summed E-state index contributed by atoms with van der Waals surface area (Å²) in [6, 6.07) is 0. The average molecular weight is 165 g/mol. The zero-order valence-electron chi connectivity index (χ0n) is 5.74. The molecule has 0 saturated carbocycles. The van der Waals surface area contributed by atoms with E-state index in [0.717, 1.165) is 0 Å². The summed E-state index contributed by atoms with van der Waals surface area (Å²) >= 11 is 0. The zero-order valence-corrected chi connectivity index (χ0v) is 5.74. The van der Waals surface area contributed by atoms with Gasteiger partial charge >= 0.3 is 5.69 Å². The second-order valence-corrected chi connectivity index (χ2v) is 2.10. The molecule has 2 heterocycles. The summed E-state index contributed by atoms with van der Waals surface area (Å²) in [5.74, 6) is 0. The van der Waals surface area contributed by atoms with Gasteiger partial charge in [0.25, 0.3) is 5.56 Å². The van der Waals surface area contributed by atoms with E-state index in [1.165, 1.54) is 6.20 Å². The molecule has 0 fully saturated rings. The van der Waals surface area contributed by atoms with E-state index in [-0.39, 0.29) is 11.0 Å². The fourth-order valence-corrected chi connectivity index (χ4v) is 0.844. The maximum atomic E-state index is 11.0. The van der Waals surface area contributed by atoms with Crippen LogP contribution in [0.25, 0.3) is 11.0 Å². The third-order valence-electron chi connectivity index (χ3n) is 1.33. The summed E-state index contributed by atoms with van der Waals surface area (Å²) in [5.41, 5.74) is -0.797. The summed E-state index contributed by atoms with van der Waals surface area (Å²) in [5, 5.41) is 10.1. The molecule has 12 heavy (non-hydrogen) atoms. The summed E-state index contributed by atoms with van der Waals surface area (Å²) in [4.78, 5) is 26.1. The maximum absolute atomic E-state index is 11.0. The topological polar surface area (TPSA) is 104 Å². The first-order valence-electron chi connectivity index (χ1n) is 3.08. The van der Waals surface area contributed by atoms with Gasteiger partial charge < -0.3 is 4.98 Å². The highest BCUT2D eigenvalue weighted by Crippen LogP contribution is 1.92. The molecule has 0 saturated heterocycles. The highest BCUT2D eigenvalue weighted by Gasteiger charge is 2.00. The van der Waals surface area contributed by atoms with Gasteiger partial charge in [-0.15, -0.1) is 10.2 Å². The van der Waals surface area contributed by atoms with Gasteiger partial charge in [-0.05, 0) is 5.21 Å². The number of nitrogens with zero attached hydrogens (tertiary/aromatic N) is 3.